The molecule has 0 atom stereocenters. The van der Waals surface area contributed by atoms with Crippen LogP contribution in [0.5, 0.6) is 0 Å². The van der Waals surface area contributed by atoms with Crippen molar-refractivity contribution in [2.24, 2.45) is 0 Å². The SMILES string of the molecule is CN1CCN(c2ccc(C(C)(C)C)c(NC3CCOCC3)c2)CC1. The van der Waals surface area contributed by atoms with Gasteiger partial charge in [-0.1, -0.05) is 26.8 Å². The minimum absolute atomic E-state index is 0.147. The molecule has 2 aliphatic rings. The highest BCUT2D eigenvalue weighted by Gasteiger charge is 2.23. The predicted octanol–water partition coefficient (Wildman–Crippen LogP) is 3.33. The number of nitrogens with zero attached hydrogens (tertiary/aromatic N) is 2. The molecule has 2 fully saturated rings. The van der Waals surface area contributed by atoms with Gasteiger partial charge in [-0.05, 0) is 43.0 Å². The van der Waals surface area contributed by atoms with E-state index in [1.165, 1.54) is 16.9 Å². The minimum atomic E-state index is 0.147. The molecule has 0 aliphatic carbocycles. The van der Waals surface area contributed by atoms with Crippen molar-refractivity contribution in [3.05, 3.63) is 23.8 Å². The van der Waals surface area contributed by atoms with E-state index < -0.39 is 0 Å². The molecule has 0 unspecified atom stereocenters. The van der Waals surface area contributed by atoms with Crippen molar-refractivity contribution in [1.29, 1.82) is 0 Å². The maximum atomic E-state index is 5.51. The lowest BCUT2D eigenvalue weighted by atomic mass is 9.85. The van der Waals surface area contributed by atoms with Crippen molar-refractivity contribution >= 4 is 11.4 Å². The average molecular weight is 332 g/mol. The Hall–Kier alpha value is -1.26. The van der Waals surface area contributed by atoms with Crippen molar-refractivity contribution in [3.8, 4) is 0 Å². The number of rotatable bonds is 3. The van der Waals surface area contributed by atoms with Crippen molar-refractivity contribution in [2.75, 3.05) is 56.7 Å². The first kappa shape index (κ1) is 17.6. The summed E-state index contributed by atoms with van der Waals surface area (Å²) in [6.45, 7) is 13.2. The summed E-state index contributed by atoms with van der Waals surface area (Å²) >= 11 is 0. The number of nitrogens with one attached hydrogen (secondary N) is 1. The number of hydrogen-bond donors (Lipinski definition) is 1. The van der Waals surface area contributed by atoms with Gasteiger partial charge >= 0.3 is 0 Å². The number of anilines is 2. The maximum absolute atomic E-state index is 5.51. The van der Waals surface area contributed by atoms with Crippen LogP contribution in [-0.4, -0.2) is 57.4 Å². The van der Waals surface area contributed by atoms with E-state index in [0.29, 0.717) is 6.04 Å². The van der Waals surface area contributed by atoms with Gasteiger partial charge in [0, 0.05) is 56.8 Å². The molecule has 2 saturated heterocycles. The molecule has 4 nitrogen and oxygen atoms in total. The zero-order chi connectivity index (χ0) is 17.2. The second-order valence-electron chi connectivity index (χ2n) is 8.30. The lowest BCUT2D eigenvalue weighted by Gasteiger charge is -2.35. The van der Waals surface area contributed by atoms with E-state index in [4.69, 9.17) is 4.74 Å². The lowest BCUT2D eigenvalue weighted by Crippen LogP contribution is -2.44. The van der Waals surface area contributed by atoms with Gasteiger partial charge in [-0.2, -0.15) is 0 Å². The van der Waals surface area contributed by atoms with Crippen LogP contribution in [0, 0.1) is 0 Å². The first-order valence-electron chi connectivity index (χ1n) is 9.36. The highest BCUT2D eigenvalue weighted by atomic mass is 16.5. The zero-order valence-electron chi connectivity index (χ0n) is 15.8. The first-order valence-corrected chi connectivity index (χ1v) is 9.36. The van der Waals surface area contributed by atoms with Crippen molar-refractivity contribution in [3.63, 3.8) is 0 Å². The minimum Gasteiger partial charge on any atom is -0.382 e. The van der Waals surface area contributed by atoms with E-state index in [1.807, 2.05) is 0 Å². The molecule has 1 N–H and O–H groups in total. The normalized spacial score (nSPS) is 21.1. The van der Waals surface area contributed by atoms with E-state index in [1.54, 1.807) is 0 Å². The van der Waals surface area contributed by atoms with E-state index >= 15 is 0 Å². The monoisotopic (exact) mass is 331 g/mol. The highest BCUT2D eigenvalue weighted by Crippen LogP contribution is 2.34. The molecule has 1 aromatic carbocycles. The van der Waals surface area contributed by atoms with E-state index in [9.17, 15) is 0 Å². The van der Waals surface area contributed by atoms with Crippen LogP contribution in [0.15, 0.2) is 18.2 Å². The van der Waals surface area contributed by atoms with Crippen LogP contribution >= 0.6 is 0 Å². The van der Waals surface area contributed by atoms with Gasteiger partial charge < -0.3 is 19.9 Å². The molecule has 1 aromatic rings. The Morgan fingerprint density at radius 2 is 1.71 bits per heavy atom. The Bertz CT molecular complexity index is 538. The van der Waals surface area contributed by atoms with E-state index in [-0.39, 0.29) is 5.41 Å². The summed E-state index contributed by atoms with van der Waals surface area (Å²) in [6, 6.07) is 7.54. The fourth-order valence-electron chi connectivity index (χ4n) is 3.63. The molecule has 2 aliphatic heterocycles. The Kier molecular flexibility index (Phi) is 5.36. The summed E-state index contributed by atoms with van der Waals surface area (Å²) in [4.78, 5) is 4.92. The molecule has 24 heavy (non-hydrogen) atoms. The Morgan fingerprint density at radius 3 is 2.33 bits per heavy atom. The van der Waals surface area contributed by atoms with Gasteiger partial charge in [0.15, 0.2) is 0 Å². The van der Waals surface area contributed by atoms with Crippen LogP contribution in [0.3, 0.4) is 0 Å². The molecule has 0 saturated carbocycles. The van der Waals surface area contributed by atoms with Crippen LogP contribution in [0.25, 0.3) is 0 Å². The highest BCUT2D eigenvalue weighted by molar-refractivity contribution is 5.64. The van der Waals surface area contributed by atoms with E-state index in [0.717, 1.165) is 52.2 Å². The number of ether oxygens (including phenoxy) is 1. The van der Waals surface area contributed by atoms with Crippen molar-refractivity contribution in [1.82, 2.24) is 4.90 Å². The molecular weight excluding hydrogens is 298 g/mol. The molecule has 0 radical (unpaired) electrons. The summed E-state index contributed by atoms with van der Waals surface area (Å²) in [7, 11) is 2.21. The molecule has 2 heterocycles. The first-order chi connectivity index (χ1) is 11.4. The number of hydrogen-bond acceptors (Lipinski definition) is 4. The van der Waals surface area contributed by atoms with Gasteiger partial charge in [-0.3, -0.25) is 0 Å². The summed E-state index contributed by atoms with van der Waals surface area (Å²) in [5, 5.41) is 3.83. The average Bonchev–Trinajstić information content (AvgIpc) is 2.55. The third-order valence-electron chi connectivity index (χ3n) is 5.26. The Balaban J connectivity index is 1.83. The van der Waals surface area contributed by atoms with Crippen LogP contribution in [0.4, 0.5) is 11.4 Å². The second kappa shape index (κ2) is 7.32. The summed E-state index contributed by atoms with van der Waals surface area (Å²) < 4.78 is 5.51. The molecular formula is C20H33N3O. The summed E-state index contributed by atoms with van der Waals surface area (Å²) in [5.41, 5.74) is 4.22. The topological polar surface area (TPSA) is 27.7 Å². The van der Waals surface area contributed by atoms with Crippen LogP contribution in [0.1, 0.15) is 39.2 Å². The Labute approximate surface area is 147 Å². The maximum Gasteiger partial charge on any atom is 0.0485 e. The van der Waals surface area contributed by atoms with Gasteiger partial charge in [0.05, 0.1) is 0 Å². The molecule has 0 spiro atoms. The number of likely N-dealkylation sites (N-methyl/N-ethyl adjacent to an activating group) is 1. The van der Waals surface area contributed by atoms with Gasteiger partial charge in [0.1, 0.15) is 0 Å². The smallest absolute Gasteiger partial charge is 0.0485 e. The summed E-state index contributed by atoms with van der Waals surface area (Å²) in [6.07, 6.45) is 2.20. The molecule has 3 rings (SSSR count). The number of benzene rings is 1. The zero-order valence-corrected chi connectivity index (χ0v) is 15.8. The molecule has 4 heteroatoms. The second-order valence-corrected chi connectivity index (χ2v) is 8.30. The third-order valence-corrected chi connectivity index (χ3v) is 5.26. The Morgan fingerprint density at radius 1 is 1.04 bits per heavy atom. The van der Waals surface area contributed by atoms with Crippen molar-refractivity contribution < 1.29 is 4.74 Å². The summed E-state index contributed by atoms with van der Waals surface area (Å²) in [5.74, 6) is 0. The van der Waals surface area contributed by atoms with Crippen LogP contribution < -0.4 is 10.2 Å². The number of piperazine rings is 1. The van der Waals surface area contributed by atoms with Crippen LogP contribution in [0.2, 0.25) is 0 Å². The fourth-order valence-corrected chi connectivity index (χ4v) is 3.63. The van der Waals surface area contributed by atoms with Crippen LogP contribution in [-0.2, 0) is 10.2 Å². The molecule has 0 bridgehead atoms. The molecule has 0 aromatic heterocycles. The standard InChI is InChI=1S/C20H33N3O/c1-20(2,3)18-6-5-17(23-11-9-22(4)10-12-23)15-19(18)21-16-7-13-24-14-8-16/h5-6,15-16,21H,7-14H2,1-4H3. The largest absolute Gasteiger partial charge is 0.382 e. The molecule has 134 valence electrons. The molecule has 0 amide bonds. The fraction of sp³-hybridized carbons (Fsp3) is 0.700. The van der Waals surface area contributed by atoms with Gasteiger partial charge in [0.25, 0.3) is 0 Å². The van der Waals surface area contributed by atoms with Gasteiger partial charge in [-0.15, -0.1) is 0 Å². The quantitative estimate of drug-likeness (QED) is 0.919. The predicted molar refractivity (Wildman–Crippen MR) is 102 cm³/mol. The van der Waals surface area contributed by atoms with E-state index in [2.05, 4.69) is 61.1 Å². The van der Waals surface area contributed by atoms with Gasteiger partial charge in [0.2, 0.25) is 0 Å². The lowest BCUT2D eigenvalue weighted by molar-refractivity contribution is 0.0904. The van der Waals surface area contributed by atoms with Crippen molar-refractivity contribution in [2.45, 2.75) is 45.1 Å². The van der Waals surface area contributed by atoms with Gasteiger partial charge in [-0.25, -0.2) is 0 Å². The third kappa shape index (κ3) is 4.22.